The maximum Gasteiger partial charge on any atom is 0.269 e. The first kappa shape index (κ1) is 17.9. The van der Waals surface area contributed by atoms with Crippen LogP contribution in [0.5, 0.6) is 0 Å². The number of nitro benzene ring substituents is 1. The molecule has 0 spiro atoms. The predicted octanol–water partition coefficient (Wildman–Crippen LogP) is 2.89. The van der Waals surface area contributed by atoms with Crippen molar-refractivity contribution in [2.75, 3.05) is 11.4 Å². The molecule has 0 aliphatic carbocycles. The molecule has 0 saturated carbocycles. The molecule has 0 fully saturated rings. The minimum absolute atomic E-state index is 0.0789. The van der Waals surface area contributed by atoms with Crippen molar-refractivity contribution in [2.45, 2.75) is 6.42 Å². The molecule has 8 heteroatoms. The summed E-state index contributed by atoms with van der Waals surface area (Å²) in [6.07, 6.45) is 0.493. The normalized spacial score (nSPS) is 12.6. The molecule has 0 radical (unpaired) electrons. The molecule has 0 saturated heterocycles. The first-order valence-corrected chi connectivity index (χ1v) is 9.27. The number of thiophene rings is 1. The number of rotatable bonds is 3. The molecule has 3 aromatic rings. The zero-order valence-electron chi connectivity index (χ0n) is 14.5. The van der Waals surface area contributed by atoms with Gasteiger partial charge in [0.05, 0.1) is 21.5 Å². The van der Waals surface area contributed by atoms with Crippen LogP contribution in [0.1, 0.15) is 25.6 Å². The number of benzene rings is 2. The molecule has 0 N–H and O–H groups in total. The van der Waals surface area contributed by atoms with Crippen LogP contribution in [0.15, 0.2) is 54.6 Å². The van der Waals surface area contributed by atoms with Gasteiger partial charge in [0.2, 0.25) is 0 Å². The Hall–Kier alpha value is -3.52. The van der Waals surface area contributed by atoms with Crippen LogP contribution in [0.4, 0.5) is 11.4 Å². The second-order valence-corrected chi connectivity index (χ2v) is 7.33. The Morgan fingerprint density at radius 2 is 1.79 bits per heavy atom. The van der Waals surface area contributed by atoms with E-state index in [2.05, 4.69) is 0 Å². The fraction of sp³-hybridized carbons (Fsp3) is 0.100. The van der Waals surface area contributed by atoms with E-state index in [1.807, 2.05) is 24.3 Å². The highest BCUT2D eigenvalue weighted by atomic mass is 32.1. The minimum Gasteiger partial charge on any atom is -0.544 e. The molecule has 0 unspecified atom stereocenters. The van der Waals surface area contributed by atoms with Gasteiger partial charge in [-0.3, -0.25) is 14.9 Å². The van der Waals surface area contributed by atoms with Gasteiger partial charge in [0.15, 0.2) is 0 Å². The van der Waals surface area contributed by atoms with Crippen LogP contribution in [0.3, 0.4) is 0 Å². The predicted molar refractivity (Wildman–Crippen MR) is 103 cm³/mol. The van der Waals surface area contributed by atoms with Crippen LogP contribution in [0, 0.1) is 10.1 Å². The number of amides is 1. The van der Waals surface area contributed by atoms with Crippen LogP contribution in [0.25, 0.3) is 10.4 Å². The van der Waals surface area contributed by atoms with Gasteiger partial charge < -0.3 is 14.8 Å². The van der Waals surface area contributed by atoms with Gasteiger partial charge in [-0.2, -0.15) is 0 Å². The standard InChI is InChI=1S/C20H14N2O5S/c23-19(12-5-7-14(8-6-12)22(26)27)21-10-9-13-11-17(20(24)25)28-18(13)15-3-1-2-4-16(15)21/h1-8,11H,9-10H2,(H,24,25)/p-1. The van der Waals surface area contributed by atoms with Crippen LogP contribution in [-0.2, 0) is 6.42 Å². The number of nitro groups is 1. The fourth-order valence-electron chi connectivity index (χ4n) is 3.29. The highest BCUT2D eigenvalue weighted by Crippen LogP contribution is 2.41. The van der Waals surface area contributed by atoms with Gasteiger partial charge in [0, 0.05) is 34.7 Å². The average molecular weight is 393 g/mol. The van der Waals surface area contributed by atoms with E-state index in [4.69, 9.17) is 0 Å². The molecule has 2 heterocycles. The topological polar surface area (TPSA) is 104 Å². The van der Waals surface area contributed by atoms with Crippen molar-refractivity contribution >= 4 is 34.6 Å². The molecule has 140 valence electrons. The summed E-state index contributed by atoms with van der Waals surface area (Å²) in [6.45, 7) is 0.364. The van der Waals surface area contributed by atoms with E-state index in [-0.39, 0.29) is 16.5 Å². The number of para-hydroxylation sites is 1. The van der Waals surface area contributed by atoms with Crippen LogP contribution in [-0.4, -0.2) is 23.3 Å². The Labute approximate surface area is 163 Å². The lowest BCUT2D eigenvalue weighted by Gasteiger charge is -2.23. The number of carboxylic acid groups (broad SMARTS) is 1. The third-order valence-electron chi connectivity index (χ3n) is 4.62. The minimum atomic E-state index is -1.21. The number of carbonyl (C=O) groups excluding carboxylic acids is 2. The Morgan fingerprint density at radius 1 is 1.07 bits per heavy atom. The van der Waals surface area contributed by atoms with Crippen molar-refractivity contribution in [1.82, 2.24) is 0 Å². The molecule has 1 aliphatic rings. The molecule has 0 atom stereocenters. The summed E-state index contributed by atoms with van der Waals surface area (Å²) < 4.78 is 0. The first-order valence-electron chi connectivity index (χ1n) is 8.45. The van der Waals surface area contributed by atoms with E-state index in [1.54, 1.807) is 11.0 Å². The van der Waals surface area contributed by atoms with Crippen molar-refractivity contribution in [3.8, 4) is 10.4 Å². The number of carbonyl (C=O) groups is 2. The first-order chi connectivity index (χ1) is 13.5. The molecule has 4 rings (SSSR count). The summed E-state index contributed by atoms with van der Waals surface area (Å²) >= 11 is 1.14. The zero-order valence-corrected chi connectivity index (χ0v) is 15.3. The Morgan fingerprint density at radius 3 is 2.46 bits per heavy atom. The Balaban J connectivity index is 1.75. The summed E-state index contributed by atoms with van der Waals surface area (Å²) in [7, 11) is 0. The number of fused-ring (bicyclic) bond motifs is 3. The quantitative estimate of drug-likeness (QED) is 0.503. The maximum atomic E-state index is 13.1. The van der Waals surface area contributed by atoms with E-state index in [0.717, 1.165) is 27.3 Å². The van der Waals surface area contributed by atoms with Crippen LogP contribution >= 0.6 is 11.3 Å². The summed E-state index contributed by atoms with van der Waals surface area (Å²) in [6, 6.07) is 14.4. The average Bonchev–Trinajstić information content (AvgIpc) is 3.06. The van der Waals surface area contributed by atoms with Crippen molar-refractivity contribution in [3.63, 3.8) is 0 Å². The van der Waals surface area contributed by atoms with Crippen molar-refractivity contribution in [3.05, 3.63) is 80.7 Å². The number of hydrogen-bond acceptors (Lipinski definition) is 6. The van der Waals surface area contributed by atoms with Crippen molar-refractivity contribution in [2.24, 2.45) is 0 Å². The lowest BCUT2D eigenvalue weighted by molar-refractivity contribution is -0.384. The molecule has 0 bridgehead atoms. The number of aromatic carboxylic acids is 1. The summed E-state index contributed by atoms with van der Waals surface area (Å²) in [5.41, 5.74) is 2.58. The molecule has 7 nitrogen and oxygen atoms in total. The van der Waals surface area contributed by atoms with E-state index in [1.165, 1.54) is 24.3 Å². The molecule has 1 aromatic heterocycles. The molecular formula is C20H13N2O5S-. The lowest BCUT2D eigenvalue weighted by Crippen LogP contribution is -2.32. The van der Waals surface area contributed by atoms with E-state index >= 15 is 0 Å². The SMILES string of the molecule is O=C([O-])c1cc2c(s1)-c1ccccc1N(C(=O)c1ccc([N+](=O)[O-])cc1)CC2. The Bertz CT molecular complexity index is 1100. The second kappa shape index (κ2) is 6.90. The second-order valence-electron chi connectivity index (χ2n) is 6.28. The van der Waals surface area contributed by atoms with Gasteiger partial charge in [0.25, 0.3) is 11.6 Å². The van der Waals surface area contributed by atoms with Gasteiger partial charge in [-0.15, -0.1) is 11.3 Å². The van der Waals surface area contributed by atoms with Crippen molar-refractivity contribution in [1.29, 1.82) is 0 Å². The maximum absolute atomic E-state index is 13.1. The Kier molecular flexibility index (Phi) is 4.40. The zero-order chi connectivity index (χ0) is 19.8. The molecule has 28 heavy (non-hydrogen) atoms. The molecule has 1 amide bonds. The van der Waals surface area contributed by atoms with Gasteiger partial charge in [-0.25, -0.2) is 0 Å². The number of nitrogens with zero attached hydrogens (tertiary/aromatic N) is 2. The third-order valence-corrected chi connectivity index (χ3v) is 5.82. The highest BCUT2D eigenvalue weighted by molar-refractivity contribution is 7.17. The van der Waals surface area contributed by atoms with E-state index in [0.29, 0.717) is 24.2 Å². The third kappa shape index (κ3) is 3.03. The summed E-state index contributed by atoms with van der Waals surface area (Å²) in [5, 5.41) is 22.1. The number of non-ortho nitro benzene ring substituents is 1. The number of anilines is 1. The monoisotopic (exact) mass is 393 g/mol. The van der Waals surface area contributed by atoms with Crippen LogP contribution in [0.2, 0.25) is 0 Å². The summed E-state index contributed by atoms with van der Waals surface area (Å²) in [5.74, 6) is -1.48. The largest absolute Gasteiger partial charge is 0.544 e. The van der Waals surface area contributed by atoms with E-state index in [9.17, 15) is 24.8 Å². The fourth-order valence-corrected chi connectivity index (χ4v) is 4.37. The number of carboxylic acids is 1. The molecular weight excluding hydrogens is 380 g/mol. The van der Waals surface area contributed by atoms with Gasteiger partial charge in [-0.1, -0.05) is 18.2 Å². The highest BCUT2D eigenvalue weighted by Gasteiger charge is 2.26. The van der Waals surface area contributed by atoms with Gasteiger partial charge in [-0.05, 0) is 36.2 Å². The smallest absolute Gasteiger partial charge is 0.269 e. The van der Waals surface area contributed by atoms with Gasteiger partial charge >= 0.3 is 0 Å². The van der Waals surface area contributed by atoms with Crippen LogP contribution < -0.4 is 10.0 Å². The van der Waals surface area contributed by atoms with Gasteiger partial charge in [0.1, 0.15) is 0 Å². The number of hydrogen-bond donors (Lipinski definition) is 0. The molecule has 2 aromatic carbocycles. The molecule has 1 aliphatic heterocycles. The van der Waals surface area contributed by atoms with Crippen molar-refractivity contribution < 1.29 is 19.6 Å². The van der Waals surface area contributed by atoms with E-state index < -0.39 is 10.9 Å². The summed E-state index contributed by atoms with van der Waals surface area (Å²) in [4.78, 5) is 37.3. The lowest BCUT2D eigenvalue weighted by atomic mass is 10.1.